The summed E-state index contributed by atoms with van der Waals surface area (Å²) in [4.78, 5) is 11.1. The number of ether oxygens (including phenoxy) is 1. The van der Waals surface area contributed by atoms with Crippen LogP contribution in [-0.4, -0.2) is 13.1 Å². The fourth-order valence-electron chi connectivity index (χ4n) is 1.13. The van der Waals surface area contributed by atoms with E-state index >= 15 is 0 Å². The molecule has 1 aromatic rings. The Morgan fingerprint density at radius 1 is 1.57 bits per heavy atom. The molecule has 0 bridgehead atoms. The maximum absolute atomic E-state index is 13.4. The number of hydrogen-bond donors (Lipinski definition) is 0. The van der Waals surface area contributed by atoms with Crippen LogP contribution in [0.25, 0.3) is 0 Å². The molecule has 0 saturated carbocycles. The monoisotopic (exact) mass is 308 g/mol. The lowest BCUT2D eigenvalue weighted by atomic mass is 10.1. The van der Waals surface area contributed by atoms with Crippen molar-refractivity contribution in [1.82, 2.24) is 0 Å². The lowest BCUT2D eigenvalue weighted by Crippen LogP contribution is -2.06. The summed E-state index contributed by atoms with van der Waals surface area (Å²) in [7, 11) is 1.24. The van der Waals surface area contributed by atoms with E-state index in [1.165, 1.54) is 19.2 Å². The molecule has 0 atom stereocenters. The first kappa shape index (κ1) is 11.4. The Morgan fingerprint density at radius 2 is 2.21 bits per heavy atom. The summed E-state index contributed by atoms with van der Waals surface area (Å²) in [6, 6.07) is 2.90. The molecule has 0 N–H and O–H groups in total. The van der Waals surface area contributed by atoms with Crippen LogP contribution in [-0.2, 0) is 11.2 Å². The predicted octanol–water partition coefficient (Wildman–Crippen LogP) is 2.78. The number of halogens is 2. The van der Waals surface area contributed by atoms with Crippen LogP contribution in [0.4, 0.5) is 4.39 Å². The van der Waals surface area contributed by atoms with E-state index in [9.17, 15) is 9.18 Å². The van der Waals surface area contributed by atoms with Crippen LogP contribution in [0.1, 0.15) is 22.8 Å². The van der Waals surface area contributed by atoms with Gasteiger partial charge in [0.25, 0.3) is 0 Å². The number of esters is 1. The van der Waals surface area contributed by atoms with Crippen LogP contribution in [0.5, 0.6) is 0 Å². The molecule has 0 radical (unpaired) electrons. The summed E-state index contributed by atoms with van der Waals surface area (Å²) in [5.74, 6) is -1.16. The van der Waals surface area contributed by atoms with Gasteiger partial charge in [0.2, 0.25) is 0 Å². The number of carbonyl (C=O) groups excluding carboxylic acids is 1. The summed E-state index contributed by atoms with van der Waals surface area (Å²) in [5.41, 5.74) is 0.893. The molecule has 0 amide bonds. The van der Waals surface area contributed by atoms with Gasteiger partial charge in [-0.3, -0.25) is 0 Å². The number of methoxy groups -OCH3 is 1. The van der Waals surface area contributed by atoms with E-state index in [2.05, 4.69) is 27.3 Å². The third-order valence-electron chi connectivity index (χ3n) is 1.92. The number of benzene rings is 1. The zero-order valence-corrected chi connectivity index (χ0v) is 10.1. The van der Waals surface area contributed by atoms with Gasteiger partial charge in [-0.25, -0.2) is 9.18 Å². The van der Waals surface area contributed by atoms with Crippen LogP contribution in [0.2, 0.25) is 0 Å². The number of aryl methyl sites for hydroxylation is 1. The summed E-state index contributed by atoms with van der Waals surface area (Å²) >= 11 is 2.08. The maximum atomic E-state index is 13.4. The van der Waals surface area contributed by atoms with E-state index in [4.69, 9.17) is 0 Å². The number of carbonyl (C=O) groups is 1. The molecule has 0 fully saturated rings. The zero-order chi connectivity index (χ0) is 10.7. The van der Waals surface area contributed by atoms with E-state index in [0.29, 0.717) is 0 Å². The fraction of sp³-hybridized carbons (Fsp3) is 0.300. The Morgan fingerprint density at radius 3 is 2.71 bits per heavy atom. The van der Waals surface area contributed by atoms with Gasteiger partial charge in [0.15, 0.2) is 0 Å². The first-order valence-electron chi connectivity index (χ1n) is 4.16. The normalized spacial score (nSPS) is 10.0. The van der Waals surface area contributed by atoms with Gasteiger partial charge in [0.05, 0.1) is 12.7 Å². The minimum Gasteiger partial charge on any atom is -0.465 e. The van der Waals surface area contributed by atoms with Gasteiger partial charge in [0, 0.05) is 3.57 Å². The SMILES string of the molecule is CCc1cc(F)c(C(=O)OC)cc1I. The van der Waals surface area contributed by atoms with Crippen molar-refractivity contribution < 1.29 is 13.9 Å². The van der Waals surface area contributed by atoms with Crippen LogP contribution in [0, 0.1) is 9.39 Å². The third-order valence-corrected chi connectivity index (χ3v) is 2.93. The molecule has 0 aromatic heterocycles. The van der Waals surface area contributed by atoms with Gasteiger partial charge in [-0.1, -0.05) is 6.92 Å². The predicted molar refractivity (Wildman–Crippen MR) is 59.8 cm³/mol. The second-order valence-electron chi connectivity index (χ2n) is 2.77. The molecule has 1 aromatic carbocycles. The first-order valence-corrected chi connectivity index (χ1v) is 5.24. The summed E-state index contributed by atoms with van der Waals surface area (Å²) in [6.45, 7) is 1.94. The van der Waals surface area contributed by atoms with Crippen molar-refractivity contribution in [3.63, 3.8) is 0 Å². The van der Waals surface area contributed by atoms with Gasteiger partial charge < -0.3 is 4.74 Å². The molecule has 0 aliphatic heterocycles. The molecule has 0 aliphatic carbocycles. The lowest BCUT2D eigenvalue weighted by molar-refractivity contribution is 0.0595. The van der Waals surface area contributed by atoms with Crippen molar-refractivity contribution in [2.24, 2.45) is 0 Å². The fourth-order valence-corrected chi connectivity index (χ4v) is 1.97. The van der Waals surface area contributed by atoms with Gasteiger partial charge >= 0.3 is 5.97 Å². The number of rotatable bonds is 2. The Hall–Kier alpha value is -0.650. The first-order chi connectivity index (χ1) is 6.60. The molecule has 0 saturated heterocycles. The molecule has 0 aliphatic rings. The van der Waals surface area contributed by atoms with Crippen molar-refractivity contribution in [2.75, 3.05) is 7.11 Å². The summed E-state index contributed by atoms with van der Waals surface area (Å²) < 4.78 is 18.7. The van der Waals surface area contributed by atoms with Crippen LogP contribution in [0.15, 0.2) is 12.1 Å². The highest BCUT2D eigenvalue weighted by Gasteiger charge is 2.14. The molecule has 2 nitrogen and oxygen atoms in total. The third kappa shape index (κ3) is 2.23. The van der Waals surface area contributed by atoms with Crippen LogP contribution < -0.4 is 0 Å². The largest absolute Gasteiger partial charge is 0.465 e. The molecule has 1 rings (SSSR count). The standard InChI is InChI=1S/C10H10FIO2/c1-3-6-4-8(11)7(5-9(6)12)10(13)14-2/h4-5H,3H2,1-2H3. The molecule has 0 spiro atoms. The Labute approximate surface area is 95.6 Å². The molecular weight excluding hydrogens is 298 g/mol. The Balaban J connectivity index is 3.21. The maximum Gasteiger partial charge on any atom is 0.340 e. The van der Waals surface area contributed by atoms with Crippen LogP contribution >= 0.6 is 22.6 Å². The topological polar surface area (TPSA) is 26.3 Å². The molecule has 4 heteroatoms. The zero-order valence-electron chi connectivity index (χ0n) is 7.93. The van der Waals surface area contributed by atoms with Gasteiger partial charge in [-0.2, -0.15) is 0 Å². The summed E-state index contributed by atoms with van der Waals surface area (Å²) in [5, 5.41) is 0. The quantitative estimate of drug-likeness (QED) is 0.620. The highest BCUT2D eigenvalue weighted by atomic mass is 127. The Kier molecular flexibility index (Phi) is 3.86. The minimum absolute atomic E-state index is 0.00546. The van der Waals surface area contributed by atoms with Crippen molar-refractivity contribution in [3.05, 3.63) is 32.6 Å². The average Bonchev–Trinajstić information content (AvgIpc) is 2.19. The highest BCUT2D eigenvalue weighted by molar-refractivity contribution is 14.1. The second kappa shape index (κ2) is 4.72. The average molecular weight is 308 g/mol. The van der Waals surface area contributed by atoms with Gasteiger partial charge in [-0.15, -0.1) is 0 Å². The molecule has 14 heavy (non-hydrogen) atoms. The van der Waals surface area contributed by atoms with E-state index in [-0.39, 0.29) is 5.56 Å². The van der Waals surface area contributed by atoms with Crippen molar-refractivity contribution >= 4 is 28.6 Å². The lowest BCUT2D eigenvalue weighted by Gasteiger charge is -2.05. The summed E-state index contributed by atoms with van der Waals surface area (Å²) in [6.07, 6.45) is 0.747. The molecule has 0 heterocycles. The number of hydrogen-bond acceptors (Lipinski definition) is 2. The van der Waals surface area contributed by atoms with Gasteiger partial charge in [0.1, 0.15) is 5.82 Å². The minimum atomic E-state index is -0.636. The van der Waals surface area contributed by atoms with E-state index in [0.717, 1.165) is 15.6 Å². The van der Waals surface area contributed by atoms with E-state index in [1.807, 2.05) is 6.92 Å². The second-order valence-corrected chi connectivity index (χ2v) is 3.93. The molecule has 76 valence electrons. The molecule has 0 unspecified atom stereocenters. The smallest absolute Gasteiger partial charge is 0.340 e. The van der Waals surface area contributed by atoms with Crippen molar-refractivity contribution in [1.29, 1.82) is 0 Å². The highest BCUT2D eigenvalue weighted by Crippen LogP contribution is 2.19. The van der Waals surface area contributed by atoms with E-state index < -0.39 is 11.8 Å². The van der Waals surface area contributed by atoms with Crippen molar-refractivity contribution in [3.8, 4) is 0 Å². The van der Waals surface area contributed by atoms with Gasteiger partial charge in [-0.05, 0) is 46.7 Å². The molecular formula is C10H10FIO2. The Bertz CT molecular complexity index is 363. The van der Waals surface area contributed by atoms with Crippen molar-refractivity contribution in [2.45, 2.75) is 13.3 Å². The van der Waals surface area contributed by atoms with E-state index in [1.54, 1.807) is 0 Å². The van der Waals surface area contributed by atoms with Crippen LogP contribution in [0.3, 0.4) is 0 Å².